The maximum absolute atomic E-state index is 10.8. The largest absolute Gasteiger partial charge is 0.394 e. The standard InChI is InChI=1S/C8H16O8/c9-1-3(11)5(13)7(15)8(16)6(14)4(12)2-10/h3,5-11,13-16H,1-2H2/t3-,5-,6-,7-,8+/m0/s1. The molecular weight excluding hydrogens is 224 g/mol. The molecule has 0 aromatic heterocycles. The highest BCUT2D eigenvalue weighted by atomic mass is 16.4. The van der Waals surface area contributed by atoms with Gasteiger partial charge in [0.15, 0.2) is 5.78 Å². The lowest BCUT2D eigenvalue weighted by Crippen LogP contribution is -2.52. The van der Waals surface area contributed by atoms with Crippen molar-refractivity contribution in [1.29, 1.82) is 0 Å². The van der Waals surface area contributed by atoms with E-state index in [-0.39, 0.29) is 0 Å². The van der Waals surface area contributed by atoms with E-state index in [1.165, 1.54) is 0 Å². The van der Waals surface area contributed by atoms with Crippen molar-refractivity contribution in [2.45, 2.75) is 30.5 Å². The van der Waals surface area contributed by atoms with Gasteiger partial charge in [0.2, 0.25) is 0 Å². The fourth-order valence-corrected chi connectivity index (χ4v) is 1.01. The number of aliphatic hydroxyl groups excluding tert-OH is 7. The van der Waals surface area contributed by atoms with Crippen molar-refractivity contribution in [3.05, 3.63) is 0 Å². The number of Topliss-reactive ketones (excluding diaryl/α,β-unsaturated/α-hetero) is 1. The van der Waals surface area contributed by atoms with Crippen molar-refractivity contribution in [3.63, 3.8) is 0 Å². The summed E-state index contributed by atoms with van der Waals surface area (Å²) in [6.45, 7) is -1.90. The van der Waals surface area contributed by atoms with E-state index in [9.17, 15) is 15.0 Å². The number of carbonyl (C=O) groups is 1. The van der Waals surface area contributed by atoms with E-state index in [2.05, 4.69) is 0 Å². The first kappa shape index (κ1) is 15.4. The highest BCUT2D eigenvalue weighted by molar-refractivity contribution is 5.84. The molecule has 0 rings (SSSR count). The summed E-state index contributed by atoms with van der Waals surface area (Å²) >= 11 is 0. The van der Waals surface area contributed by atoms with Crippen LogP contribution < -0.4 is 0 Å². The minimum Gasteiger partial charge on any atom is -0.394 e. The molecule has 0 bridgehead atoms. The molecule has 0 fully saturated rings. The molecule has 0 radical (unpaired) electrons. The van der Waals surface area contributed by atoms with E-state index in [1.807, 2.05) is 0 Å². The number of hydrogen-bond donors (Lipinski definition) is 7. The Morgan fingerprint density at radius 3 is 1.75 bits per heavy atom. The first-order valence-electron chi connectivity index (χ1n) is 4.51. The summed E-state index contributed by atoms with van der Waals surface area (Å²) < 4.78 is 0. The van der Waals surface area contributed by atoms with Crippen LogP contribution in [-0.4, -0.2) is 85.3 Å². The second-order valence-corrected chi connectivity index (χ2v) is 3.29. The van der Waals surface area contributed by atoms with Gasteiger partial charge in [0, 0.05) is 0 Å². The molecule has 0 saturated heterocycles. The van der Waals surface area contributed by atoms with Gasteiger partial charge in [-0.25, -0.2) is 0 Å². The van der Waals surface area contributed by atoms with Gasteiger partial charge >= 0.3 is 0 Å². The Balaban J connectivity index is 4.47. The minimum absolute atomic E-state index is 0.866. The normalized spacial score (nSPS) is 20.9. The van der Waals surface area contributed by atoms with Gasteiger partial charge in [-0.2, -0.15) is 0 Å². The summed E-state index contributed by atoms with van der Waals surface area (Å²) in [5.74, 6) is -1.14. The molecule has 0 aromatic rings. The molecule has 0 unspecified atom stereocenters. The summed E-state index contributed by atoms with van der Waals surface area (Å²) in [6, 6.07) is 0. The van der Waals surface area contributed by atoms with Crippen LogP contribution in [0.5, 0.6) is 0 Å². The van der Waals surface area contributed by atoms with E-state index in [0.29, 0.717) is 0 Å². The van der Waals surface area contributed by atoms with E-state index < -0.39 is 49.5 Å². The summed E-state index contributed by atoms with van der Waals surface area (Å²) in [6.07, 6.45) is -9.84. The zero-order chi connectivity index (χ0) is 12.9. The van der Waals surface area contributed by atoms with Crippen LogP contribution in [0.4, 0.5) is 0 Å². The van der Waals surface area contributed by atoms with Crippen LogP contribution in [0, 0.1) is 0 Å². The maximum Gasteiger partial charge on any atom is 0.189 e. The summed E-state index contributed by atoms with van der Waals surface area (Å²) in [5.41, 5.74) is 0. The molecule has 0 spiro atoms. The maximum atomic E-state index is 10.8. The van der Waals surface area contributed by atoms with Crippen LogP contribution in [0.2, 0.25) is 0 Å². The molecule has 0 amide bonds. The lowest BCUT2D eigenvalue weighted by Gasteiger charge is -2.27. The third-order valence-corrected chi connectivity index (χ3v) is 2.09. The van der Waals surface area contributed by atoms with Crippen molar-refractivity contribution in [2.75, 3.05) is 13.2 Å². The van der Waals surface area contributed by atoms with Gasteiger partial charge in [-0.1, -0.05) is 0 Å². The fourth-order valence-electron chi connectivity index (χ4n) is 1.01. The topological polar surface area (TPSA) is 159 Å². The molecule has 0 saturated carbocycles. The zero-order valence-electron chi connectivity index (χ0n) is 8.34. The van der Waals surface area contributed by atoms with Crippen molar-refractivity contribution in [1.82, 2.24) is 0 Å². The molecule has 0 aliphatic rings. The molecule has 16 heavy (non-hydrogen) atoms. The molecule has 8 nitrogen and oxygen atoms in total. The average Bonchev–Trinajstić information content (AvgIpc) is 2.32. The lowest BCUT2D eigenvalue weighted by atomic mass is 9.97. The van der Waals surface area contributed by atoms with Crippen LogP contribution in [0.3, 0.4) is 0 Å². The van der Waals surface area contributed by atoms with Gasteiger partial charge in [-0.15, -0.1) is 0 Å². The Bertz CT molecular complexity index is 220. The number of hydrogen-bond acceptors (Lipinski definition) is 8. The van der Waals surface area contributed by atoms with E-state index in [0.717, 1.165) is 0 Å². The second kappa shape index (κ2) is 6.86. The Hall–Kier alpha value is -0.610. The molecule has 8 heteroatoms. The van der Waals surface area contributed by atoms with Crippen LogP contribution in [-0.2, 0) is 4.79 Å². The van der Waals surface area contributed by atoms with Crippen molar-refractivity contribution in [3.8, 4) is 0 Å². The molecule has 7 N–H and O–H groups in total. The van der Waals surface area contributed by atoms with Gasteiger partial charge in [0.05, 0.1) is 6.61 Å². The highest BCUT2D eigenvalue weighted by Crippen LogP contribution is 2.09. The van der Waals surface area contributed by atoms with Gasteiger partial charge in [-0.3, -0.25) is 4.79 Å². The predicted octanol–water partition coefficient (Wildman–Crippen LogP) is -4.66. The third-order valence-electron chi connectivity index (χ3n) is 2.09. The SMILES string of the molecule is O=C(CO)[C@H](O)[C@@H](O)[C@@H](O)[C@@H](O)[C@@H](O)CO. The Morgan fingerprint density at radius 1 is 0.875 bits per heavy atom. The number of carbonyl (C=O) groups excluding carboxylic acids is 1. The van der Waals surface area contributed by atoms with E-state index in [1.54, 1.807) is 0 Å². The number of aliphatic hydroxyl groups is 7. The van der Waals surface area contributed by atoms with Crippen LogP contribution in [0.25, 0.3) is 0 Å². The molecular formula is C8H16O8. The van der Waals surface area contributed by atoms with Crippen molar-refractivity contribution < 1.29 is 40.5 Å². The molecule has 0 heterocycles. The zero-order valence-corrected chi connectivity index (χ0v) is 8.34. The highest BCUT2D eigenvalue weighted by Gasteiger charge is 2.36. The fraction of sp³-hybridized carbons (Fsp3) is 0.875. The third kappa shape index (κ3) is 3.76. The van der Waals surface area contributed by atoms with Crippen molar-refractivity contribution >= 4 is 5.78 Å². The van der Waals surface area contributed by atoms with Crippen LogP contribution in [0.15, 0.2) is 0 Å². The quantitative estimate of drug-likeness (QED) is 0.234. The van der Waals surface area contributed by atoms with E-state index in [4.69, 9.17) is 25.5 Å². The van der Waals surface area contributed by atoms with Gasteiger partial charge < -0.3 is 35.7 Å². The molecule has 0 aliphatic carbocycles. The van der Waals surface area contributed by atoms with Crippen molar-refractivity contribution in [2.24, 2.45) is 0 Å². The van der Waals surface area contributed by atoms with Gasteiger partial charge in [0.25, 0.3) is 0 Å². The van der Waals surface area contributed by atoms with Gasteiger partial charge in [-0.05, 0) is 0 Å². The van der Waals surface area contributed by atoms with Crippen LogP contribution in [0.1, 0.15) is 0 Å². The smallest absolute Gasteiger partial charge is 0.189 e. The lowest BCUT2D eigenvalue weighted by molar-refractivity contribution is -0.157. The molecule has 5 atom stereocenters. The monoisotopic (exact) mass is 240 g/mol. The van der Waals surface area contributed by atoms with E-state index >= 15 is 0 Å². The minimum atomic E-state index is -2.08. The summed E-state index contributed by atoms with van der Waals surface area (Å²) in [4.78, 5) is 10.8. The second-order valence-electron chi connectivity index (χ2n) is 3.29. The Kier molecular flexibility index (Phi) is 6.60. The molecule has 0 aliphatic heterocycles. The summed E-state index contributed by atoms with van der Waals surface area (Å²) in [7, 11) is 0. The Labute approximate surface area is 91.0 Å². The van der Waals surface area contributed by atoms with Gasteiger partial charge in [0.1, 0.15) is 37.1 Å². The molecule has 96 valence electrons. The summed E-state index contributed by atoms with van der Waals surface area (Å²) in [5, 5.41) is 62.5. The number of ketones is 1. The predicted molar refractivity (Wildman–Crippen MR) is 49.2 cm³/mol. The first-order valence-corrected chi connectivity index (χ1v) is 4.51. The number of rotatable bonds is 7. The Morgan fingerprint density at radius 2 is 1.38 bits per heavy atom. The molecule has 0 aromatic carbocycles. The average molecular weight is 240 g/mol. The first-order chi connectivity index (χ1) is 7.36. The van der Waals surface area contributed by atoms with Crippen LogP contribution >= 0.6 is 0 Å².